The van der Waals surface area contributed by atoms with Crippen LogP contribution in [0.25, 0.3) is 0 Å². The van der Waals surface area contributed by atoms with Crippen LogP contribution >= 0.6 is 0 Å². The van der Waals surface area contributed by atoms with Crippen molar-refractivity contribution in [3.63, 3.8) is 0 Å². The molecule has 0 heterocycles. The van der Waals surface area contributed by atoms with Crippen LogP contribution in [0.1, 0.15) is 18.1 Å². The predicted molar refractivity (Wildman–Crippen MR) is 72.7 cm³/mol. The summed E-state index contributed by atoms with van der Waals surface area (Å²) in [7, 11) is 1.62. The predicted octanol–water partition coefficient (Wildman–Crippen LogP) is 3.15. The second kappa shape index (κ2) is 5.23. The summed E-state index contributed by atoms with van der Waals surface area (Å²) in [5.74, 6) is 0.721. The molecule has 0 amide bonds. The number of methoxy groups -OCH3 is 1. The monoisotopic (exact) mass is 242 g/mol. The standard InChI is InChI=1S/C16H18O2/c1-16(17,12-13-8-4-3-5-9-13)14-10-6-7-11-15(14)18-2/h3-11,17H,12H2,1-2H3. The van der Waals surface area contributed by atoms with Crippen molar-refractivity contribution in [3.05, 3.63) is 65.7 Å². The van der Waals surface area contributed by atoms with Gasteiger partial charge in [-0.1, -0.05) is 48.5 Å². The highest BCUT2D eigenvalue weighted by molar-refractivity contribution is 5.38. The second-order valence-corrected chi connectivity index (χ2v) is 4.64. The van der Waals surface area contributed by atoms with Crippen LogP contribution in [0.5, 0.6) is 5.75 Å². The zero-order chi connectivity index (χ0) is 13.0. The average Bonchev–Trinajstić information content (AvgIpc) is 2.39. The lowest BCUT2D eigenvalue weighted by Crippen LogP contribution is -2.25. The molecule has 0 aliphatic rings. The fraction of sp³-hybridized carbons (Fsp3) is 0.250. The van der Waals surface area contributed by atoms with Crippen molar-refractivity contribution in [2.75, 3.05) is 7.11 Å². The highest BCUT2D eigenvalue weighted by atomic mass is 16.5. The van der Waals surface area contributed by atoms with E-state index in [0.717, 1.165) is 16.9 Å². The molecular formula is C16H18O2. The Balaban J connectivity index is 2.30. The zero-order valence-electron chi connectivity index (χ0n) is 10.8. The van der Waals surface area contributed by atoms with Crippen LogP contribution < -0.4 is 4.74 Å². The highest BCUT2D eigenvalue weighted by Crippen LogP contribution is 2.32. The Labute approximate surface area is 108 Å². The first-order chi connectivity index (χ1) is 8.63. The van der Waals surface area contributed by atoms with Crippen molar-refractivity contribution in [1.82, 2.24) is 0 Å². The summed E-state index contributed by atoms with van der Waals surface area (Å²) in [5.41, 5.74) is 0.985. The van der Waals surface area contributed by atoms with Crippen LogP contribution in [0.4, 0.5) is 0 Å². The van der Waals surface area contributed by atoms with Gasteiger partial charge in [-0.15, -0.1) is 0 Å². The Kier molecular flexibility index (Phi) is 3.68. The van der Waals surface area contributed by atoms with E-state index in [4.69, 9.17) is 4.74 Å². The number of hydrogen-bond acceptors (Lipinski definition) is 2. The van der Waals surface area contributed by atoms with Crippen LogP contribution in [0.15, 0.2) is 54.6 Å². The van der Waals surface area contributed by atoms with Gasteiger partial charge in [-0.3, -0.25) is 0 Å². The molecule has 1 unspecified atom stereocenters. The average molecular weight is 242 g/mol. The molecular weight excluding hydrogens is 224 g/mol. The maximum Gasteiger partial charge on any atom is 0.124 e. The molecule has 2 aromatic carbocycles. The Morgan fingerprint density at radius 2 is 1.61 bits per heavy atom. The van der Waals surface area contributed by atoms with Gasteiger partial charge in [0, 0.05) is 12.0 Å². The number of rotatable bonds is 4. The summed E-state index contributed by atoms with van der Waals surface area (Å²) in [5, 5.41) is 10.7. The fourth-order valence-corrected chi connectivity index (χ4v) is 2.18. The molecule has 2 rings (SSSR count). The molecule has 2 heteroatoms. The van der Waals surface area contributed by atoms with E-state index in [-0.39, 0.29) is 0 Å². The van der Waals surface area contributed by atoms with Gasteiger partial charge in [0.05, 0.1) is 12.7 Å². The van der Waals surface area contributed by atoms with E-state index in [2.05, 4.69) is 0 Å². The van der Waals surface area contributed by atoms with Gasteiger partial charge in [0.15, 0.2) is 0 Å². The summed E-state index contributed by atoms with van der Waals surface area (Å²) in [6.07, 6.45) is 0.564. The Bertz CT molecular complexity index is 504. The van der Waals surface area contributed by atoms with Gasteiger partial charge in [-0.25, -0.2) is 0 Å². The molecule has 0 bridgehead atoms. The van der Waals surface area contributed by atoms with E-state index in [9.17, 15) is 5.11 Å². The van der Waals surface area contributed by atoms with E-state index in [1.807, 2.05) is 61.5 Å². The zero-order valence-corrected chi connectivity index (χ0v) is 10.8. The summed E-state index contributed by atoms with van der Waals surface area (Å²) in [6, 6.07) is 17.6. The first kappa shape index (κ1) is 12.7. The van der Waals surface area contributed by atoms with E-state index in [0.29, 0.717) is 6.42 Å². The summed E-state index contributed by atoms with van der Waals surface area (Å²) < 4.78 is 5.31. The molecule has 0 fully saturated rings. The quantitative estimate of drug-likeness (QED) is 0.892. The minimum atomic E-state index is -0.937. The number of para-hydroxylation sites is 1. The van der Waals surface area contributed by atoms with Crippen molar-refractivity contribution in [1.29, 1.82) is 0 Å². The van der Waals surface area contributed by atoms with E-state index >= 15 is 0 Å². The Hall–Kier alpha value is -1.80. The summed E-state index contributed by atoms with van der Waals surface area (Å²) in [4.78, 5) is 0. The van der Waals surface area contributed by atoms with E-state index < -0.39 is 5.60 Å². The third-order valence-electron chi connectivity index (χ3n) is 3.08. The molecule has 0 spiro atoms. The topological polar surface area (TPSA) is 29.5 Å². The Morgan fingerprint density at radius 3 is 2.28 bits per heavy atom. The normalized spacial score (nSPS) is 13.9. The number of aliphatic hydroxyl groups is 1. The molecule has 1 atom stereocenters. The molecule has 2 nitrogen and oxygen atoms in total. The lowest BCUT2D eigenvalue weighted by molar-refractivity contribution is 0.0549. The maximum absolute atomic E-state index is 10.7. The lowest BCUT2D eigenvalue weighted by atomic mass is 9.88. The van der Waals surface area contributed by atoms with E-state index in [1.54, 1.807) is 7.11 Å². The molecule has 2 aromatic rings. The fourth-order valence-electron chi connectivity index (χ4n) is 2.18. The van der Waals surface area contributed by atoms with E-state index in [1.165, 1.54) is 0 Å². The smallest absolute Gasteiger partial charge is 0.124 e. The molecule has 94 valence electrons. The third kappa shape index (κ3) is 2.71. The minimum absolute atomic E-state index is 0.564. The molecule has 0 aromatic heterocycles. The van der Waals surface area contributed by atoms with Gasteiger partial charge in [0.1, 0.15) is 5.75 Å². The molecule has 0 aliphatic heterocycles. The Morgan fingerprint density at radius 1 is 1.00 bits per heavy atom. The SMILES string of the molecule is COc1ccccc1C(C)(O)Cc1ccccc1. The van der Waals surface area contributed by atoms with Crippen LogP contribution in [0.3, 0.4) is 0 Å². The van der Waals surface area contributed by atoms with Crippen molar-refractivity contribution >= 4 is 0 Å². The van der Waals surface area contributed by atoms with Crippen LogP contribution in [-0.4, -0.2) is 12.2 Å². The third-order valence-corrected chi connectivity index (χ3v) is 3.08. The maximum atomic E-state index is 10.7. The van der Waals surface area contributed by atoms with Crippen molar-refractivity contribution < 1.29 is 9.84 Å². The number of benzene rings is 2. The van der Waals surface area contributed by atoms with Gasteiger partial charge in [0.2, 0.25) is 0 Å². The van der Waals surface area contributed by atoms with Crippen molar-refractivity contribution in [2.24, 2.45) is 0 Å². The van der Waals surface area contributed by atoms with Crippen molar-refractivity contribution in [2.45, 2.75) is 18.9 Å². The first-order valence-corrected chi connectivity index (χ1v) is 6.03. The molecule has 1 N–H and O–H groups in total. The molecule has 0 radical (unpaired) electrons. The molecule has 0 saturated heterocycles. The number of hydrogen-bond donors (Lipinski definition) is 1. The van der Waals surface area contributed by atoms with Gasteiger partial charge in [-0.05, 0) is 18.6 Å². The number of ether oxygens (including phenoxy) is 1. The summed E-state index contributed by atoms with van der Waals surface area (Å²) in [6.45, 7) is 1.82. The lowest BCUT2D eigenvalue weighted by Gasteiger charge is -2.25. The molecule has 0 saturated carbocycles. The van der Waals surface area contributed by atoms with Gasteiger partial charge < -0.3 is 9.84 Å². The largest absolute Gasteiger partial charge is 0.496 e. The van der Waals surface area contributed by atoms with Crippen LogP contribution in [0.2, 0.25) is 0 Å². The minimum Gasteiger partial charge on any atom is -0.496 e. The van der Waals surface area contributed by atoms with Crippen LogP contribution in [-0.2, 0) is 12.0 Å². The first-order valence-electron chi connectivity index (χ1n) is 6.03. The summed E-state index contributed by atoms with van der Waals surface area (Å²) >= 11 is 0. The van der Waals surface area contributed by atoms with Gasteiger partial charge >= 0.3 is 0 Å². The van der Waals surface area contributed by atoms with Gasteiger partial charge in [-0.2, -0.15) is 0 Å². The molecule has 18 heavy (non-hydrogen) atoms. The second-order valence-electron chi connectivity index (χ2n) is 4.64. The highest BCUT2D eigenvalue weighted by Gasteiger charge is 2.26. The van der Waals surface area contributed by atoms with Crippen molar-refractivity contribution in [3.8, 4) is 5.75 Å². The molecule has 0 aliphatic carbocycles. The van der Waals surface area contributed by atoms with Crippen LogP contribution in [0, 0.1) is 0 Å². The van der Waals surface area contributed by atoms with Gasteiger partial charge in [0.25, 0.3) is 0 Å².